The Balaban J connectivity index is 1.76. The highest BCUT2D eigenvalue weighted by Gasteiger charge is 2.40. The van der Waals surface area contributed by atoms with E-state index in [9.17, 15) is 9.59 Å². The molecule has 2 atom stereocenters. The van der Waals surface area contributed by atoms with Gasteiger partial charge in [0.05, 0.1) is 0 Å². The molecule has 3 aliphatic carbocycles. The molecule has 2 N–H and O–H groups in total. The van der Waals surface area contributed by atoms with E-state index < -0.39 is 6.04 Å². The molecule has 0 aromatic carbocycles. The molecule has 0 spiro atoms. The minimum Gasteiger partial charge on any atom is -0.357 e. The van der Waals surface area contributed by atoms with Gasteiger partial charge in [0.1, 0.15) is 6.04 Å². The molecule has 0 unspecified atom stereocenters. The van der Waals surface area contributed by atoms with Crippen LogP contribution in [-0.4, -0.2) is 24.9 Å². The number of fused-ring (bicyclic) bond motifs is 3. The highest BCUT2D eigenvalue weighted by atomic mass is 16.2. The quantitative estimate of drug-likeness (QED) is 0.827. The summed E-state index contributed by atoms with van der Waals surface area (Å²) in [6.07, 6.45) is 8.12. The van der Waals surface area contributed by atoms with E-state index in [1.807, 2.05) is 32.9 Å². The van der Waals surface area contributed by atoms with Crippen molar-refractivity contribution in [1.82, 2.24) is 10.6 Å². The van der Waals surface area contributed by atoms with Crippen molar-refractivity contribution in [2.24, 2.45) is 11.3 Å². The van der Waals surface area contributed by atoms with Crippen LogP contribution in [0.1, 0.15) is 20.8 Å². The minimum atomic E-state index is -0.560. The van der Waals surface area contributed by atoms with Crippen molar-refractivity contribution in [2.45, 2.75) is 26.8 Å². The molecule has 0 aromatic rings. The first kappa shape index (κ1) is 13.9. The molecule has 0 saturated carbocycles. The Hall–Kier alpha value is -2.10. The maximum Gasteiger partial charge on any atom is 0.252 e. The van der Waals surface area contributed by atoms with E-state index in [4.69, 9.17) is 0 Å². The average Bonchev–Trinajstić information content (AvgIpc) is 2.89. The molecule has 4 heteroatoms. The maximum atomic E-state index is 12.5. The van der Waals surface area contributed by atoms with Gasteiger partial charge in [-0.25, -0.2) is 0 Å². The van der Waals surface area contributed by atoms with Crippen LogP contribution in [0.5, 0.6) is 0 Å². The van der Waals surface area contributed by atoms with Crippen molar-refractivity contribution in [3.8, 4) is 0 Å². The smallest absolute Gasteiger partial charge is 0.252 e. The summed E-state index contributed by atoms with van der Waals surface area (Å²) in [7, 11) is 1.58. The largest absolute Gasteiger partial charge is 0.357 e. The van der Waals surface area contributed by atoms with Crippen LogP contribution < -0.4 is 10.6 Å². The number of carbonyl (C=O) groups is 2. The Bertz CT molecular complexity index is 657. The molecule has 4 nitrogen and oxygen atoms in total. The summed E-state index contributed by atoms with van der Waals surface area (Å²) in [5, 5.41) is 5.50. The lowest BCUT2D eigenvalue weighted by molar-refractivity contribution is -0.129. The lowest BCUT2D eigenvalue weighted by Crippen LogP contribution is -2.53. The van der Waals surface area contributed by atoms with Crippen LogP contribution in [0.4, 0.5) is 0 Å². The number of hydrogen-bond acceptors (Lipinski definition) is 2. The summed E-state index contributed by atoms with van der Waals surface area (Å²) in [4.78, 5) is 24.5. The van der Waals surface area contributed by atoms with Gasteiger partial charge in [0.15, 0.2) is 0 Å². The molecule has 2 amide bonds. The van der Waals surface area contributed by atoms with E-state index in [0.717, 1.165) is 5.57 Å². The number of hydrogen-bond donors (Lipinski definition) is 2. The Morgan fingerprint density at radius 1 is 1.24 bits per heavy atom. The van der Waals surface area contributed by atoms with Gasteiger partial charge in [0.25, 0.3) is 5.91 Å². The summed E-state index contributed by atoms with van der Waals surface area (Å²) in [6, 6.07) is -0.560. The van der Waals surface area contributed by atoms with E-state index in [-0.39, 0.29) is 17.2 Å². The van der Waals surface area contributed by atoms with E-state index in [0.29, 0.717) is 11.5 Å². The van der Waals surface area contributed by atoms with Gasteiger partial charge in [-0.1, -0.05) is 32.9 Å². The molecule has 0 fully saturated rings. The van der Waals surface area contributed by atoms with E-state index in [2.05, 4.69) is 22.8 Å². The van der Waals surface area contributed by atoms with Gasteiger partial charge in [-0.2, -0.15) is 0 Å². The summed E-state index contributed by atoms with van der Waals surface area (Å²) in [5.74, 6) is 0.0745. The second kappa shape index (κ2) is 4.45. The Morgan fingerprint density at radius 3 is 2.57 bits per heavy atom. The van der Waals surface area contributed by atoms with E-state index in [1.165, 1.54) is 11.1 Å². The average molecular weight is 284 g/mol. The van der Waals surface area contributed by atoms with Crippen molar-refractivity contribution in [3.63, 3.8) is 0 Å². The fraction of sp³-hybridized carbons (Fsp3) is 0.412. The molecule has 0 aromatic heterocycles. The van der Waals surface area contributed by atoms with Gasteiger partial charge in [0.2, 0.25) is 5.91 Å². The highest BCUT2D eigenvalue weighted by molar-refractivity contribution is 6.04. The molecular formula is C17H20N2O2. The molecule has 3 aliphatic rings. The van der Waals surface area contributed by atoms with Crippen molar-refractivity contribution in [1.29, 1.82) is 0 Å². The van der Waals surface area contributed by atoms with Gasteiger partial charge in [-0.3, -0.25) is 9.59 Å². The first-order valence-corrected chi connectivity index (χ1v) is 7.21. The predicted octanol–water partition coefficient (Wildman–Crippen LogP) is 1.63. The van der Waals surface area contributed by atoms with Crippen molar-refractivity contribution in [3.05, 3.63) is 46.6 Å². The number of likely N-dealkylation sites (N-methyl/N-ethyl adjacent to an activating group) is 1. The zero-order chi connectivity index (χ0) is 15.4. The van der Waals surface area contributed by atoms with Crippen LogP contribution in [0.2, 0.25) is 0 Å². The first-order chi connectivity index (χ1) is 9.82. The van der Waals surface area contributed by atoms with Gasteiger partial charge in [-0.15, -0.1) is 0 Å². The van der Waals surface area contributed by atoms with Crippen molar-refractivity contribution < 1.29 is 9.59 Å². The van der Waals surface area contributed by atoms with Gasteiger partial charge in [0, 0.05) is 18.5 Å². The maximum absolute atomic E-state index is 12.5. The van der Waals surface area contributed by atoms with Crippen LogP contribution >= 0.6 is 0 Å². The lowest BCUT2D eigenvalue weighted by Gasteiger charge is -2.30. The van der Waals surface area contributed by atoms with E-state index in [1.54, 1.807) is 7.05 Å². The second-order valence-electron chi connectivity index (χ2n) is 6.79. The third kappa shape index (κ3) is 2.24. The molecular weight excluding hydrogens is 264 g/mol. The van der Waals surface area contributed by atoms with Crippen molar-refractivity contribution in [2.75, 3.05) is 7.05 Å². The van der Waals surface area contributed by atoms with Crippen LogP contribution in [0, 0.1) is 11.3 Å². The molecule has 0 aliphatic heterocycles. The molecule has 0 saturated heterocycles. The van der Waals surface area contributed by atoms with Crippen LogP contribution in [0.25, 0.3) is 0 Å². The number of amides is 2. The lowest BCUT2D eigenvalue weighted by atomic mass is 9.85. The SMILES string of the molecule is CNC(=O)[C@@H](NC(=O)C1=CC=C2C1=CC1=C[C@@H]12)C(C)(C)C. The summed E-state index contributed by atoms with van der Waals surface area (Å²) < 4.78 is 0. The molecule has 0 bridgehead atoms. The fourth-order valence-corrected chi connectivity index (χ4v) is 2.89. The molecule has 0 radical (unpaired) electrons. The normalized spacial score (nSPS) is 23.1. The zero-order valence-electron chi connectivity index (χ0n) is 12.8. The van der Waals surface area contributed by atoms with Crippen LogP contribution in [0.15, 0.2) is 46.6 Å². The summed E-state index contributed by atoms with van der Waals surface area (Å²) in [5.41, 5.74) is 3.84. The fourth-order valence-electron chi connectivity index (χ4n) is 2.89. The highest BCUT2D eigenvalue weighted by Crippen LogP contribution is 2.51. The summed E-state index contributed by atoms with van der Waals surface area (Å²) >= 11 is 0. The van der Waals surface area contributed by atoms with Gasteiger partial charge >= 0.3 is 0 Å². The number of carbonyl (C=O) groups excluding carboxylic acids is 2. The standard InChI is InChI=1S/C17H20N2O2/c1-17(2,3)14(16(21)18-4)19-15(20)11-6-5-10-12-7-9(12)8-13(10)11/h5-8,12,14H,1-4H3,(H,18,21)(H,19,20)/t12-,14+/m0/s1. The van der Waals surface area contributed by atoms with Crippen LogP contribution in [0.3, 0.4) is 0 Å². The Morgan fingerprint density at radius 2 is 1.95 bits per heavy atom. The number of nitrogens with one attached hydrogen (secondary N) is 2. The van der Waals surface area contributed by atoms with Crippen molar-refractivity contribution >= 4 is 11.8 Å². The zero-order valence-corrected chi connectivity index (χ0v) is 12.8. The monoisotopic (exact) mass is 284 g/mol. The van der Waals surface area contributed by atoms with Gasteiger partial charge < -0.3 is 10.6 Å². The Labute approximate surface area is 124 Å². The third-order valence-electron chi connectivity index (χ3n) is 4.18. The molecule has 21 heavy (non-hydrogen) atoms. The number of allylic oxidation sites excluding steroid dienone is 6. The molecule has 3 rings (SSSR count). The minimum absolute atomic E-state index is 0.173. The Kier molecular flexibility index (Phi) is 2.94. The predicted molar refractivity (Wildman–Crippen MR) is 81.3 cm³/mol. The molecule has 110 valence electrons. The topological polar surface area (TPSA) is 58.2 Å². The molecule has 0 heterocycles. The van der Waals surface area contributed by atoms with Gasteiger partial charge in [-0.05, 0) is 34.3 Å². The number of rotatable bonds is 3. The third-order valence-corrected chi connectivity index (χ3v) is 4.18. The summed E-state index contributed by atoms with van der Waals surface area (Å²) in [6.45, 7) is 5.82. The first-order valence-electron chi connectivity index (χ1n) is 7.21. The van der Waals surface area contributed by atoms with Crippen LogP contribution in [-0.2, 0) is 9.59 Å². The second-order valence-corrected chi connectivity index (χ2v) is 6.79. The van der Waals surface area contributed by atoms with E-state index >= 15 is 0 Å².